The summed E-state index contributed by atoms with van der Waals surface area (Å²) in [5.74, 6) is -0.172. The number of benzene rings is 1. The third kappa shape index (κ3) is 9.70. The van der Waals surface area contributed by atoms with Crippen molar-refractivity contribution >= 4 is 17.9 Å². The van der Waals surface area contributed by atoms with Crippen LogP contribution in [0.2, 0.25) is 0 Å². The maximum atomic E-state index is 12.2. The fraction of sp³-hybridized carbons (Fsp3) is 0.700. The SMILES string of the molecule is CC(C)(C)OC(=O)C1CCN(CCc2ccc3c(c2)COC3=O)CC1.CC(C)(C)OC(=O)C1CCNCC1. The molecule has 0 aliphatic carbocycles. The molecule has 1 aromatic carbocycles. The summed E-state index contributed by atoms with van der Waals surface area (Å²) >= 11 is 0. The van der Waals surface area contributed by atoms with Crippen molar-refractivity contribution < 1.29 is 28.6 Å². The molecule has 0 radical (unpaired) electrons. The largest absolute Gasteiger partial charge is 0.460 e. The zero-order chi connectivity index (χ0) is 27.9. The number of carbonyl (C=O) groups is 3. The number of piperidine rings is 2. The molecule has 8 heteroatoms. The number of hydrogen-bond acceptors (Lipinski definition) is 8. The molecule has 0 aromatic heterocycles. The standard InChI is InChI=1S/C20H27NO4.C10H19NO2/c1-20(2,3)25-18(22)15-7-10-21(11-8-15)9-6-14-4-5-17-16(12-14)13-24-19(17)23;1-10(2,3)13-9(12)8-4-6-11-7-5-8/h4-5,12,15H,6-11,13H2,1-3H3;8,11H,4-7H2,1-3H3. The van der Waals surface area contributed by atoms with Crippen LogP contribution < -0.4 is 5.32 Å². The van der Waals surface area contributed by atoms with Crippen molar-refractivity contribution in [3.8, 4) is 0 Å². The minimum Gasteiger partial charge on any atom is -0.460 e. The van der Waals surface area contributed by atoms with Crippen LogP contribution in [0.25, 0.3) is 0 Å². The van der Waals surface area contributed by atoms with Gasteiger partial charge in [-0.05, 0) is 111 Å². The number of esters is 3. The summed E-state index contributed by atoms with van der Waals surface area (Å²) in [6, 6.07) is 5.96. The summed E-state index contributed by atoms with van der Waals surface area (Å²) in [4.78, 5) is 37.6. The quantitative estimate of drug-likeness (QED) is 0.445. The molecule has 0 saturated carbocycles. The minimum absolute atomic E-state index is 0.0265. The predicted molar refractivity (Wildman–Crippen MR) is 146 cm³/mol. The maximum absolute atomic E-state index is 12.2. The topological polar surface area (TPSA) is 94.2 Å². The molecule has 38 heavy (non-hydrogen) atoms. The number of nitrogens with zero attached hydrogens (tertiary/aromatic N) is 1. The number of rotatable bonds is 5. The van der Waals surface area contributed by atoms with Crippen LogP contribution in [-0.4, -0.2) is 66.7 Å². The van der Waals surface area contributed by atoms with Gasteiger partial charge in [-0.3, -0.25) is 9.59 Å². The number of carbonyl (C=O) groups excluding carboxylic acids is 3. The van der Waals surface area contributed by atoms with Crippen molar-refractivity contribution in [2.45, 2.75) is 91.5 Å². The van der Waals surface area contributed by atoms with Crippen LogP contribution >= 0.6 is 0 Å². The van der Waals surface area contributed by atoms with Gasteiger partial charge in [-0.1, -0.05) is 12.1 Å². The van der Waals surface area contributed by atoms with Crippen molar-refractivity contribution in [3.05, 3.63) is 34.9 Å². The van der Waals surface area contributed by atoms with Gasteiger partial charge in [-0.2, -0.15) is 0 Å². The highest BCUT2D eigenvalue weighted by molar-refractivity contribution is 5.93. The molecule has 2 fully saturated rings. The Kier molecular flexibility index (Phi) is 10.4. The fourth-order valence-corrected chi connectivity index (χ4v) is 4.85. The van der Waals surface area contributed by atoms with E-state index in [1.54, 1.807) is 0 Å². The van der Waals surface area contributed by atoms with Crippen molar-refractivity contribution in [1.29, 1.82) is 0 Å². The first-order valence-electron chi connectivity index (χ1n) is 14.0. The molecule has 212 valence electrons. The molecule has 4 rings (SSSR count). The second-order valence-electron chi connectivity index (χ2n) is 12.5. The van der Waals surface area contributed by atoms with E-state index >= 15 is 0 Å². The van der Waals surface area contributed by atoms with Crippen molar-refractivity contribution in [2.24, 2.45) is 11.8 Å². The first-order valence-corrected chi connectivity index (χ1v) is 14.0. The molecule has 0 bridgehead atoms. The summed E-state index contributed by atoms with van der Waals surface area (Å²) in [6.45, 7) is 16.5. The van der Waals surface area contributed by atoms with E-state index in [0.717, 1.165) is 70.4 Å². The second kappa shape index (κ2) is 13.1. The van der Waals surface area contributed by atoms with Crippen LogP contribution in [0.4, 0.5) is 0 Å². The Balaban J connectivity index is 0.000000260. The van der Waals surface area contributed by atoms with E-state index < -0.39 is 5.60 Å². The zero-order valence-electron chi connectivity index (χ0n) is 24.1. The molecule has 0 spiro atoms. The highest BCUT2D eigenvalue weighted by atomic mass is 16.6. The Morgan fingerprint density at radius 1 is 0.921 bits per heavy atom. The Morgan fingerprint density at radius 2 is 1.47 bits per heavy atom. The lowest BCUT2D eigenvalue weighted by Gasteiger charge is -2.32. The number of fused-ring (bicyclic) bond motifs is 1. The van der Waals surface area contributed by atoms with Gasteiger partial charge in [0.05, 0.1) is 17.4 Å². The molecule has 0 unspecified atom stereocenters. The second-order valence-corrected chi connectivity index (χ2v) is 12.5. The van der Waals surface area contributed by atoms with Gasteiger partial charge in [0.2, 0.25) is 0 Å². The first-order chi connectivity index (χ1) is 17.8. The normalized spacial score (nSPS) is 19.2. The van der Waals surface area contributed by atoms with Gasteiger partial charge >= 0.3 is 17.9 Å². The average molecular weight is 531 g/mol. The summed E-state index contributed by atoms with van der Waals surface area (Å²) in [7, 11) is 0. The monoisotopic (exact) mass is 530 g/mol. The summed E-state index contributed by atoms with van der Waals surface area (Å²) in [6.07, 6.45) is 4.49. The lowest BCUT2D eigenvalue weighted by Crippen LogP contribution is -2.39. The van der Waals surface area contributed by atoms with Gasteiger partial charge in [0.25, 0.3) is 0 Å². The molecule has 3 heterocycles. The molecule has 0 atom stereocenters. The van der Waals surface area contributed by atoms with Gasteiger partial charge in [-0.15, -0.1) is 0 Å². The smallest absolute Gasteiger partial charge is 0.338 e. The molecule has 3 aliphatic heterocycles. The van der Waals surface area contributed by atoms with Crippen LogP contribution in [0.15, 0.2) is 18.2 Å². The van der Waals surface area contributed by atoms with E-state index in [2.05, 4.69) is 16.3 Å². The van der Waals surface area contributed by atoms with E-state index in [9.17, 15) is 14.4 Å². The minimum atomic E-state index is -0.410. The molecular weight excluding hydrogens is 484 g/mol. The number of nitrogens with one attached hydrogen (secondary N) is 1. The molecule has 1 N–H and O–H groups in total. The Morgan fingerprint density at radius 3 is 2.03 bits per heavy atom. The Bertz CT molecular complexity index is 964. The van der Waals surface area contributed by atoms with Crippen molar-refractivity contribution in [1.82, 2.24) is 10.2 Å². The van der Waals surface area contributed by atoms with Crippen LogP contribution in [0, 0.1) is 11.8 Å². The summed E-state index contributed by atoms with van der Waals surface area (Å²) in [5, 5.41) is 3.22. The summed E-state index contributed by atoms with van der Waals surface area (Å²) < 4.78 is 15.9. The summed E-state index contributed by atoms with van der Waals surface area (Å²) in [5.41, 5.74) is 2.16. The van der Waals surface area contributed by atoms with Gasteiger partial charge in [0.15, 0.2) is 0 Å². The van der Waals surface area contributed by atoms with E-state index in [4.69, 9.17) is 14.2 Å². The fourth-order valence-electron chi connectivity index (χ4n) is 4.85. The number of hydrogen-bond donors (Lipinski definition) is 1. The van der Waals surface area contributed by atoms with E-state index in [0.29, 0.717) is 12.2 Å². The van der Waals surface area contributed by atoms with Crippen LogP contribution in [0.3, 0.4) is 0 Å². The van der Waals surface area contributed by atoms with E-state index in [1.165, 1.54) is 5.56 Å². The highest BCUT2D eigenvalue weighted by Gasteiger charge is 2.29. The number of cyclic esters (lactones) is 1. The third-order valence-electron chi connectivity index (χ3n) is 6.87. The van der Waals surface area contributed by atoms with Gasteiger partial charge < -0.3 is 24.4 Å². The number of likely N-dealkylation sites (tertiary alicyclic amines) is 1. The third-order valence-corrected chi connectivity index (χ3v) is 6.87. The lowest BCUT2D eigenvalue weighted by molar-refractivity contribution is -0.162. The highest BCUT2D eigenvalue weighted by Crippen LogP contribution is 2.24. The zero-order valence-corrected chi connectivity index (χ0v) is 24.1. The van der Waals surface area contributed by atoms with E-state index in [1.807, 2.05) is 53.7 Å². The molecule has 1 aromatic rings. The lowest BCUT2D eigenvalue weighted by atomic mass is 9.96. The first kappa shape index (κ1) is 30.1. The van der Waals surface area contributed by atoms with Gasteiger partial charge in [0.1, 0.15) is 17.8 Å². The predicted octanol–water partition coefficient (Wildman–Crippen LogP) is 4.28. The Hall–Kier alpha value is -2.45. The van der Waals surface area contributed by atoms with Crippen molar-refractivity contribution in [2.75, 3.05) is 32.7 Å². The van der Waals surface area contributed by atoms with E-state index in [-0.39, 0.29) is 35.3 Å². The van der Waals surface area contributed by atoms with Crippen LogP contribution in [-0.2, 0) is 36.8 Å². The molecule has 8 nitrogen and oxygen atoms in total. The number of ether oxygens (including phenoxy) is 3. The van der Waals surface area contributed by atoms with Gasteiger partial charge in [0, 0.05) is 12.1 Å². The Labute approximate surface area is 227 Å². The average Bonchev–Trinajstić information content (AvgIpc) is 3.22. The van der Waals surface area contributed by atoms with Crippen LogP contribution in [0.1, 0.15) is 88.7 Å². The molecule has 3 aliphatic rings. The molecule has 2 saturated heterocycles. The molecule has 0 amide bonds. The van der Waals surface area contributed by atoms with Crippen LogP contribution in [0.5, 0.6) is 0 Å². The maximum Gasteiger partial charge on any atom is 0.338 e. The van der Waals surface area contributed by atoms with Crippen molar-refractivity contribution in [3.63, 3.8) is 0 Å². The molecular formula is C30H46N2O6. The van der Waals surface area contributed by atoms with Gasteiger partial charge in [-0.25, -0.2) is 4.79 Å².